The van der Waals surface area contributed by atoms with Crippen molar-refractivity contribution in [3.8, 4) is 5.82 Å². The van der Waals surface area contributed by atoms with Crippen LogP contribution in [0.5, 0.6) is 0 Å². The van der Waals surface area contributed by atoms with Crippen LogP contribution in [-0.2, 0) is 13.0 Å². The lowest BCUT2D eigenvalue weighted by Crippen LogP contribution is -2.25. The van der Waals surface area contributed by atoms with Crippen molar-refractivity contribution in [3.05, 3.63) is 71.9 Å². The second-order valence-electron chi connectivity index (χ2n) is 6.73. The van der Waals surface area contributed by atoms with Gasteiger partial charge in [-0.15, -0.1) is 0 Å². The van der Waals surface area contributed by atoms with Gasteiger partial charge in [-0.05, 0) is 49.5 Å². The van der Waals surface area contributed by atoms with Gasteiger partial charge in [0.05, 0.1) is 0 Å². The predicted molar refractivity (Wildman–Crippen MR) is 101 cm³/mol. The van der Waals surface area contributed by atoms with Gasteiger partial charge in [0.1, 0.15) is 12.7 Å². The maximum absolute atomic E-state index is 12.8. The average molecular weight is 362 g/mol. The Morgan fingerprint density at radius 2 is 2.11 bits per heavy atom. The molecule has 7 nitrogen and oxygen atoms in total. The lowest BCUT2D eigenvalue weighted by Gasteiger charge is -2.14. The van der Waals surface area contributed by atoms with Gasteiger partial charge >= 0.3 is 0 Å². The molecule has 0 aliphatic carbocycles. The second-order valence-corrected chi connectivity index (χ2v) is 6.73. The molecule has 1 fully saturated rings. The number of hydrogen-bond acceptors (Lipinski definition) is 5. The fourth-order valence-corrected chi connectivity index (χ4v) is 3.48. The van der Waals surface area contributed by atoms with Gasteiger partial charge < -0.3 is 10.6 Å². The maximum Gasteiger partial charge on any atom is 0.251 e. The monoisotopic (exact) mass is 362 g/mol. The van der Waals surface area contributed by atoms with Crippen molar-refractivity contribution in [3.63, 3.8) is 0 Å². The van der Waals surface area contributed by atoms with E-state index in [0.29, 0.717) is 18.3 Å². The molecule has 138 valence electrons. The zero-order valence-electron chi connectivity index (χ0n) is 15.0. The van der Waals surface area contributed by atoms with E-state index in [-0.39, 0.29) is 5.91 Å². The highest BCUT2D eigenvalue weighted by molar-refractivity contribution is 5.95. The molecule has 1 aliphatic rings. The minimum absolute atomic E-state index is 0.0649. The lowest BCUT2D eigenvalue weighted by atomic mass is 9.94. The fourth-order valence-electron chi connectivity index (χ4n) is 3.48. The number of aromatic nitrogens is 4. The zero-order valence-corrected chi connectivity index (χ0v) is 15.0. The van der Waals surface area contributed by atoms with Gasteiger partial charge in [-0.1, -0.05) is 24.3 Å². The Morgan fingerprint density at radius 1 is 1.22 bits per heavy atom. The van der Waals surface area contributed by atoms with E-state index in [0.717, 1.165) is 42.6 Å². The topological polar surface area (TPSA) is 84.7 Å². The minimum atomic E-state index is -0.0649. The van der Waals surface area contributed by atoms with Crippen molar-refractivity contribution in [1.82, 2.24) is 30.4 Å². The molecule has 1 atom stereocenters. The maximum atomic E-state index is 12.8. The summed E-state index contributed by atoms with van der Waals surface area (Å²) in [5.41, 5.74) is 2.73. The first kappa shape index (κ1) is 17.4. The van der Waals surface area contributed by atoms with E-state index < -0.39 is 0 Å². The van der Waals surface area contributed by atoms with Crippen LogP contribution in [-0.4, -0.2) is 38.7 Å². The van der Waals surface area contributed by atoms with Crippen LogP contribution < -0.4 is 10.6 Å². The average Bonchev–Trinajstić information content (AvgIpc) is 3.41. The molecular formula is C20H22N6O. The number of nitrogens with zero attached hydrogens (tertiary/aromatic N) is 4. The van der Waals surface area contributed by atoms with Crippen molar-refractivity contribution in [2.24, 2.45) is 5.92 Å². The van der Waals surface area contributed by atoms with Crippen molar-refractivity contribution in [2.75, 3.05) is 13.1 Å². The van der Waals surface area contributed by atoms with Crippen LogP contribution >= 0.6 is 0 Å². The van der Waals surface area contributed by atoms with Gasteiger partial charge in [0.25, 0.3) is 5.91 Å². The van der Waals surface area contributed by atoms with Crippen LogP contribution in [0.3, 0.4) is 0 Å². The lowest BCUT2D eigenvalue weighted by molar-refractivity contribution is 0.0949. The third-order valence-corrected chi connectivity index (χ3v) is 4.88. The van der Waals surface area contributed by atoms with Crippen LogP contribution in [0.15, 0.2) is 55.2 Å². The Hall–Kier alpha value is -3.06. The minimum Gasteiger partial charge on any atom is -0.348 e. The molecule has 2 aromatic heterocycles. The first-order chi connectivity index (χ1) is 13.3. The molecule has 2 N–H and O–H groups in total. The summed E-state index contributed by atoms with van der Waals surface area (Å²) >= 11 is 0. The van der Waals surface area contributed by atoms with Gasteiger partial charge in [0.15, 0.2) is 5.82 Å². The highest BCUT2D eigenvalue weighted by Gasteiger charge is 2.19. The molecule has 0 bridgehead atoms. The summed E-state index contributed by atoms with van der Waals surface area (Å²) in [5.74, 6) is 1.20. The Balaban J connectivity index is 1.48. The number of carbonyl (C=O) groups excluding carboxylic acids is 1. The third kappa shape index (κ3) is 4.03. The summed E-state index contributed by atoms with van der Waals surface area (Å²) in [7, 11) is 0. The molecule has 0 saturated carbocycles. The summed E-state index contributed by atoms with van der Waals surface area (Å²) in [6.45, 7) is 2.46. The fraction of sp³-hybridized carbons (Fsp3) is 0.300. The van der Waals surface area contributed by atoms with E-state index in [2.05, 4.69) is 31.8 Å². The van der Waals surface area contributed by atoms with Crippen molar-refractivity contribution >= 4 is 5.91 Å². The van der Waals surface area contributed by atoms with Gasteiger partial charge in [-0.2, -0.15) is 5.10 Å². The molecule has 1 amide bonds. The molecule has 1 unspecified atom stereocenters. The smallest absolute Gasteiger partial charge is 0.251 e. The first-order valence-electron chi connectivity index (χ1n) is 9.17. The van der Waals surface area contributed by atoms with Gasteiger partial charge in [-0.3, -0.25) is 4.79 Å². The summed E-state index contributed by atoms with van der Waals surface area (Å²) < 4.78 is 1.60. The standard InChI is InChI=1S/C20H22N6O/c27-20(18-6-2-1-4-16(18)10-15-7-9-21-11-15)24-12-17-5-3-8-23-19(17)26-14-22-13-25-26/h1-6,8,13-15,21H,7,9-12H2,(H,24,27). The van der Waals surface area contributed by atoms with E-state index in [1.54, 1.807) is 17.2 Å². The SMILES string of the molecule is O=C(NCc1cccnc1-n1cncn1)c1ccccc1CC1CCNC1. The van der Waals surface area contributed by atoms with Gasteiger partial charge in [0.2, 0.25) is 0 Å². The van der Waals surface area contributed by atoms with Crippen LogP contribution in [0, 0.1) is 5.92 Å². The number of amides is 1. The molecule has 1 aromatic carbocycles. The summed E-state index contributed by atoms with van der Waals surface area (Å²) in [5, 5.41) is 10.5. The molecule has 3 aromatic rings. The highest BCUT2D eigenvalue weighted by Crippen LogP contribution is 2.19. The van der Waals surface area contributed by atoms with Crippen LogP contribution in [0.1, 0.15) is 27.9 Å². The van der Waals surface area contributed by atoms with Crippen molar-refractivity contribution in [1.29, 1.82) is 0 Å². The van der Waals surface area contributed by atoms with Crippen LogP contribution in [0.4, 0.5) is 0 Å². The molecule has 27 heavy (non-hydrogen) atoms. The van der Waals surface area contributed by atoms with Crippen LogP contribution in [0.25, 0.3) is 5.82 Å². The Labute approximate surface area is 157 Å². The normalized spacial score (nSPS) is 16.4. The Morgan fingerprint density at radius 3 is 2.93 bits per heavy atom. The molecule has 1 saturated heterocycles. The molecular weight excluding hydrogens is 340 g/mol. The van der Waals surface area contributed by atoms with E-state index in [1.807, 2.05) is 30.3 Å². The molecule has 4 rings (SSSR count). The van der Waals surface area contributed by atoms with Crippen molar-refractivity contribution < 1.29 is 4.79 Å². The first-order valence-corrected chi connectivity index (χ1v) is 9.17. The molecule has 1 aliphatic heterocycles. The second kappa shape index (κ2) is 8.09. The Bertz CT molecular complexity index is 902. The number of carbonyl (C=O) groups is 1. The van der Waals surface area contributed by atoms with Gasteiger partial charge in [-0.25, -0.2) is 14.6 Å². The molecule has 0 radical (unpaired) electrons. The summed E-state index contributed by atoms with van der Waals surface area (Å²) in [6, 6.07) is 11.6. The number of nitrogens with one attached hydrogen (secondary N) is 2. The molecule has 7 heteroatoms. The van der Waals surface area contributed by atoms with Crippen LogP contribution in [0.2, 0.25) is 0 Å². The van der Waals surface area contributed by atoms with Gasteiger partial charge in [0, 0.05) is 23.9 Å². The van der Waals surface area contributed by atoms with E-state index >= 15 is 0 Å². The predicted octanol–water partition coefficient (Wildman–Crippen LogP) is 1.74. The summed E-state index contributed by atoms with van der Waals surface area (Å²) in [4.78, 5) is 21.2. The Kier molecular flexibility index (Phi) is 5.20. The van der Waals surface area contributed by atoms with Crippen molar-refractivity contribution in [2.45, 2.75) is 19.4 Å². The zero-order chi connectivity index (χ0) is 18.5. The van der Waals surface area contributed by atoms with E-state index in [9.17, 15) is 4.79 Å². The number of benzene rings is 1. The largest absolute Gasteiger partial charge is 0.348 e. The number of rotatable bonds is 6. The molecule has 3 heterocycles. The quantitative estimate of drug-likeness (QED) is 0.698. The third-order valence-electron chi connectivity index (χ3n) is 4.88. The van der Waals surface area contributed by atoms with E-state index in [4.69, 9.17) is 0 Å². The highest BCUT2D eigenvalue weighted by atomic mass is 16.1. The number of hydrogen-bond donors (Lipinski definition) is 2. The summed E-state index contributed by atoms with van der Waals surface area (Å²) in [6.07, 6.45) is 6.84. The van der Waals surface area contributed by atoms with E-state index in [1.165, 1.54) is 6.33 Å². The molecule has 0 spiro atoms. The number of pyridine rings is 1.